The summed E-state index contributed by atoms with van der Waals surface area (Å²) in [6.45, 7) is 2.08. The van der Waals surface area contributed by atoms with Crippen molar-refractivity contribution >= 4 is 11.6 Å². The van der Waals surface area contributed by atoms with Crippen molar-refractivity contribution in [3.05, 3.63) is 58.4 Å². The Balaban J connectivity index is 2.08. The zero-order valence-electron chi connectivity index (χ0n) is 13.8. The zero-order valence-corrected chi connectivity index (χ0v) is 14.5. The van der Waals surface area contributed by atoms with E-state index in [9.17, 15) is 4.39 Å². The van der Waals surface area contributed by atoms with Crippen molar-refractivity contribution in [1.82, 2.24) is 5.32 Å². The molecule has 0 saturated heterocycles. The summed E-state index contributed by atoms with van der Waals surface area (Å²) in [5.74, 6) is 0.608. The fourth-order valence-electron chi connectivity index (χ4n) is 2.19. The molecule has 0 bridgehead atoms. The number of methoxy groups -OCH3 is 2. The molecule has 0 saturated carbocycles. The molecule has 130 valence electrons. The van der Waals surface area contributed by atoms with Gasteiger partial charge >= 0.3 is 0 Å². The van der Waals surface area contributed by atoms with E-state index in [1.54, 1.807) is 38.5 Å². The molecule has 0 aliphatic rings. The van der Waals surface area contributed by atoms with Crippen LogP contribution in [0.2, 0.25) is 5.02 Å². The molecule has 0 atom stereocenters. The second-order valence-electron chi connectivity index (χ2n) is 5.16. The van der Waals surface area contributed by atoms with Crippen molar-refractivity contribution in [3.63, 3.8) is 0 Å². The summed E-state index contributed by atoms with van der Waals surface area (Å²) in [6, 6.07) is 10.1. The zero-order chi connectivity index (χ0) is 17.4. The van der Waals surface area contributed by atoms with Gasteiger partial charge in [0.1, 0.15) is 12.4 Å². The first kappa shape index (κ1) is 18.5. The molecule has 0 fully saturated rings. The van der Waals surface area contributed by atoms with E-state index in [0.717, 1.165) is 12.1 Å². The Hall–Kier alpha value is -1.82. The van der Waals surface area contributed by atoms with Gasteiger partial charge in [0.2, 0.25) is 0 Å². The molecule has 0 unspecified atom stereocenters. The van der Waals surface area contributed by atoms with Crippen molar-refractivity contribution in [3.8, 4) is 11.5 Å². The molecule has 6 heteroatoms. The van der Waals surface area contributed by atoms with Gasteiger partial charge in [-0.15, -0.1) is 0 Å². The molecule has 0 spiro atoms. The minimum absolute atomic E-state index is 0.0776. The van der Waals surface area contributed by atoms with Crippen LogP contribution < -0.4 is 14.8 Å². The highest BCUT2D eigenvalue weighted by Crippen LogP contribution is 2.37. The maximum Gasteiger partial charge on any atom is 0.180 e. The molecule has 0 heterocycles. The van der Waals surface area contributed by atoms with Gasteiger partial charge in [0, 0.05) is 25.8 Å². The third-order valence-corrected chi connectivity index (χ3v) is 3.71. The molecule has 0 radical (unpaired) electrons. The highest BCUT2D eigenvalue weighted by atomic mass is 35.5. The summed E-state index contributed by atoms with van der Waals surface area (Å²) in [7, 11) is 3.20. The number of rotatable bonds is 9. The average Bonchev–Trinajstić information content (AvgIpc) is 2.58. The van der Waals surface area contributed by atoms with Crippen LogP contribution in [0.1, 0.15) is 11.1 Å². The summed E-state index contributed by atoms with van der Waals surface area (Å²) in [6.07, 6.45) is 0. The van der Waals surface area contributed by atoms with Gasteiger partial charge in [0.15, 0.2) is 11.5 Å². The standard InChI is InChI=1S/C18H21ClFNO3/c1-22-8-7-21-11-13-9-15(19)18(17(10-13)23-2)24-12-14-5-3-4-6-16(14)20/h3-6,9-10,21H,7-8,11-12H2,1-2H3. The Bertz CT molecular complexity index is 667. The molecule has 2 rings (SSSR count). The predicted molar refractivity (Wildman–Crippen MR) is 92.3 cm³/mol. The summed E-state index contributed by atoms with van der Waals surface area (Å²) in [4.78, 5) is 0. The van der Waals surface area contributed by atoms with Gasteiger partial charge in [-0.3, -0.25) is 0 Å². The average molecular weight is 354 g/mol. The van der Waals surface area contributed by atoms with Crippen LogP contribution in [0, 0.1) is 5.82 Å². The molecular weight excluding hydrogens is 333 g/mol. The van der Waals surface area contributed by atoms with Gasteiger partial charge < -0.3 is 19.5 Å². The molecule has 0 aliphatic heterocycles. The highest BCUT2D eigenvalue weighted by molar-refractivity contribution is 6.32. The summed E-state index contributed by atoms with van der Waals surface area (Å²) < 4.78 is 29.7. The number of halogens is 2. The third-order valence-electron chi connectivity index (χ3n) is 3.43. The fraction of sp³-hybridized carbons (Fsp3) is 0.333. The van der Waals surface area contributed by atoms with Crippen molar-refractivity contribution in [2.75, 3.05) is 27.4 Å². The van der Waals surface area contributed by atoms with Gasteiger partial charge in [0.05, 0.1) is 18.7 Å². The Morgan fingerprint density at radius 1 is 1.17 bits per heavy atom. The maximum atomic E-state index is 13.7. The smallest absolute Gasteiger partial charge is 0.180 e. The first-order valence-electron chi connectivity index (χ1n) is 7.58. The lowest BCUT2D eigenvalue weighted by Gasteiger charge is -2.15. The molecule has 2 aromatic rings. The highest BCUT2D eigenvalue weighted by Gasteiger charge is 2.13. The maximum absolute atomic E-state index is 13.7. The summed E-state index contributed by atoms with van der Waals surface area (Å²) in [5.41, 5.74) is 1.42. The van der Waals surface area contributed by atoms with Crippen molar-refractivity contribution in [1.29, 1.82) is 0 Å². The topological polar surface area (TPSA) is 39.7 Å². The lowest BCUT2D eigenvalue weighted by atomic mass is 10.2. The van der Waals surface area contributed by atoms with Crippen LogP contribution in [0.5, 0.6) is 11.5 Å². The fourth-order valence-corrected chi connectivity index (χ4v) is 2.48. The lowest BCUT2D eigenvalue weighted by Crippen LogP contribution is -2.18. The van der Waals surface area contributed by atoms with E-state index in [-0.39, 0.29) is 12.4 Å². The Morgan fingerprint density at radius 3 is 2.67 bits per heavy atom. The quantitative estimate of drug-likeness (QED) is 0.696. The molecule has 4 nitrogen and oxygen atoms in total. The number of hydrogen-bond donors (Lipinski definition) is 1. The van der Waals surface area contributed by atoms with E-state index in [1.165, 1.54) is 6.07 Å². The number of hydrogen-bond acceptors (Lipinski definition) is 4. The van der Waals surface area contributed by atoms with Gasteiger partial charge in [-0.2, -0.15) is 0 Å². The van der Waals surface area contributed by atoms with Crippen molar-refractivity contribution < 1.29 is 18.6 Å². The Morgan fingerprint density at radius 2 is 1.96 bits per heavy atom. The Kier molecular flexibility index (Phi) is 7.31. The van der Waals surface area contributed by atoms with E-state index in [1.807, 2.05) is 6.07 Å². The van der Waals surface area contributed by atoms with Crippen LogP contribution in [-0.4, -0.2) is 27.4 Å². The van der Waals surface area contributed by atoms with Crippen LogP contribution in [0.25, 0.3) is 0 Å². The first-order chi connectivity index (χ1) is 11.7. The largest absolute Gasteiger partial charge is 0.493 e. The normalized spacial score (nSPS) is 10.7. The van der Waals surface area contributed by atoms with Crippen LogP contribution in [0.3, 0.4) is 0 Å². The van der Waals surface area contributed by atoms with Gasteiger partial charge in [0.25, 0.3) is 0 Å². The van der Waals surface area contributed by atoms with Crippen LogP contribution in [0.15, 0.2) is 36.4 Å². The lowest BCUT2D eigenvalue weighted by molar-refractivity contribution is 0.199. The molecule has 2 aromatic carbocycles. The summed E-state index contributed by atoms with van der Waals surface area (Å²) in [5, 5.41) is 3.66. The van der Waals surface area contributed by atoms with Crippen molar-refractivity contribution in [2.24, 2.45) is 0 Å². The molecule has 1 N–H and O–H groups in total. The molecule has 0 aromatic heterocycles. The first-order valence-corrected chi connectivity index (χ1v) is 7.95. The minimum Gasteiger partial charge on any atom is -0.493 e. The second kappa shape index (κ2) is 9.47. The van der Waals surface area contributed by atoms with Gasteiger partial charge in [-0.1, -0.05) is 29.8 Å². The predicted octanol–water partition coefficient (Wildman–Crippen LogP) is 3.80. The summed E-state index contributed by atoms with van der Waals surface area (Å²) >= 11 is 6.31. The van der Waals surface area contributed by atoms with Gasteiger partial charge in [-0.05, 0) is 23.8 Å². The minimum atomic E-state index is -0.313. The van der Waals surface area contributed by atoms with E-state index in [0.29, 0.717) is 35.2 Å². The molecule has 0 aliphatic carbocycles. The van der Waals surface area contributed by atoms with Crippen LogP contribution >= 0.6 is 11.6 Å². The second-order valence-corrected chi connectivity index (χ2v) is 5.57. The molecular formula is C18H21ClFNO3. The monoisotopic (exact) mass is 353 g/mol. The van der Waals surface area contributed by atoms with E-state index in [4.69, 9.17) is 25.8 Å². The third kappa shape index (κ3) is 5.09. The number of ether oxygens (including phenoxy) is 3. The molecule has 24 heavy (non-hydrogen) atoms. The van der Waals surface area contributed by atoms with Crippen molar-refractivity contribution in [2.45, 2.75) is 13.2 Å². The van der Waals surface area contributed by atoms with Crippen LogP contribution in [-0.2, 0) is 17.9 Å². The number of benzene rings is 2. The number of nitrogens with one attached hydrogen (secondary N) is 1. The Labute approximate surface area is 146 Å². The van der Waals surface area contributed by atoms with Gasteiger partial charge in [-0.25, -0.2) is 4.39 Å². The molecule has 0 amide bonds. The van der Waals surface area contributed by atoms with Crippen LogP contribution in [0.4, 0.5) is 4.39 Å². The van der Waals surface area contributed by atoms with E-state index >= 15 is 0 Å². The van der Waals surface area contributed by atoms with E-state index in [2.05, 4.69) is 5.32 Å². The SMILES string of the molecule is COCCNCc1cc(Cl)c(OCc2ccccc2F)c(OC)c1. The van der Waals surface area contributed by atoms with E-state index < -0.39 is 0 Å².